The third-order valence-electron chi connectivity index (χ3n) is 4.04. The fraction of sp³-hybridized carbons (Fsp3) is 0.560. The van der Waals surface area contributed by atoms with Crippen molar-refractivity contribution in [3.05, 3.63) is 22.1 Å². The molecule has 208 valence electrons. The molecule has 0 aliphatic heterocycles. The van der Waals surface area contributed by atoms with Crippen molar-refractivity contribution in [3.63, 3.8) is 0 Å². The SMILES string of the molecule is CC(C)(C)OC(=O)NCCC#Cc1cnc2c(N(C(=O)OC(C)(C)C)C(=O)OC(C)(C)C)c(Cl)c(Cl)nn12. The van der Waals surface area contributed by atoms with Gasteiger partial charge in [-0.3, -0.25) is 0 Å². The molecule has 0 saturated heterocycles. The van der Waals surface area contributed by atoms with Crippen molar-refractivity contribution in [1.82, 2.24) is 19.9 Å². The highest BCUT2D eigenvalue weighted by Crippen LogP contribution is 2.36. The van der Waals surface area contributed by atoms with Crippen molar-refractivity contribution in [1.29, 1.82) is 0 Å². The fourth-order valence-corrected chi connectivity index (χ4v) is 3.16. The Morgan fingerprint density at radius 1 is 0.947 bits per heavy atom. The molecular formula is C25H33Cl2N5O6. The van der Waals surface area contributed by atoms with Crippen LogP contribution in [0.5, 0.6) is 0 Å². The summed E-state index contributed by atoms with van der Waals surface area (Å²) in [6.45, 7) is 15.4. The molecule has 3 amide bonds. The number of hydrogen-bond acceptors (Lipinski definition) is 8. The van der Waals surface area contributed by atoms with Crippen molar-refractivity contribution in [2.24, 2.45) is 0 Å². The smallest absolute Gasteiger partial charge is 0.424 e. The van der Waals surface area contributed by atoms with Crippen molar-refractivity contribution < 1.29 is 28.6 Å². The maximum absolute atomic E-state index is 13.2. The van der Waals surface area contributed by atoms with Gasteiger partial charge in [0.2, 0.25) is 0 Å². The molecule has 0 radical (unpaired) electrons. The van der Waals surface area contributed by atoms with E-state index >= 15 is 0 Å². The summed E-state index contributed by atoms with van der Waals surface area (Å²) in [6.07, 6.45) is -0.952. The Morgan fingerprint density at radius 3 is 1.97 bits per heavy atom. The third kappa shape index (κ3) is 8.96. The summed E-state index contributed by atoms with van der Waals surface area (Å²) in [6, 6.07) is 0. The van der Waals surface area contributed by atoms with E-state index < -0.39 is 35.1 Å². The van der Waals surface area contributed by atoms with Crippen molar-refractivity contribution in [3.8, 4) is 11.8 Å². The fourth-order valence-electron chi connectivity index (χ4n) is 2.79. The second kappa shape index (κ2) is 11.7. The van der Waals surface area contributed by atoms with Crippen molar-refractivity contribution >= 4 is 52.8 Å². The summed E-state index contributed by atoms with van der Waals surface area (Å²) in [5, 5.41) is 6.37. The Labute approximate surface area is 232 Å². The summed E-state index contributed by atoms with van der Waals surface area (Å²) >= 11 is 12.7. The van der Waals surface area contributed by atoms with Gasteiger partial charge in [-0.1, -0.05) is 29.1 Å². The minimum absolute atomic E-state index is 0.0206. The topological polar surface area (TPSA) is 124 Å². The second-order valence-electron chi connectivity index (χ2n) is 11.1. The molecule has 2 rings (SSSR count). The molecule has 2 heterocycles. The number of alkyl carbamates (subject to hydrolysis) is 1. The van der Waals surface area contributed by atoms with Gasteiger partial charge in [0, 0.05) is 13.0 Å². The van der Waals surface area contributed by atoms with E-state index in [4.69, 9.17) is 37.4 Å². The molecule has 1 N–H and O–H groups in total. The quantitative estimate of drug-likeness (QED) is 0.272. The Bertz CT molecular complexity index is 1250. The lowest BCUT2D eigenvalue weighted by atomic mass is 10.2. The van der Waals surface area contributed by atoms with Crippen LogP contribution in [0.1, 0.15) is 74.4 Å². The van der Waals surface area contributed by atoms with Crippen LogP contribution in [0, 0.1) is 11.8 Å². The number of imidazole rings is 1. The number of ether oxygens (including phenoxy) is 3. The molecule has 2 aromatic rings. The van der Waals surface area contributed by atoms with Crippen LogP contribution in [0.15, 0.2) is 6.20 Å². The van der Waals surface area contributed by atoms with Crippen LogP contribution in [0.3, 0.4) is 0 Å². The summed E-state index contributed by atoms with van der Waals surface area (Å²) in [4.78, 5) is 43.0. The number of fused-ring (bicyclic) bond motifs is 1. The van der Waals surface area contributed by atoms with E-state index in [2.05, 4.69) is 27.2 Å². The third-order valence-corrected chi connectivity index (χ3v) is 4.76. The first-order valence-electron chi connectivity index (χ1n) is 11.7. The van der Waals surface area contributed by atoms with Crippen LogP contribution in [0.25, 0.3) is 5.65 Å². The van der Waals surface area contributed by atoms with Gasteiger partial charge in [-0.25, -0.2) is 23.9 Å². The molecule has 0 fully saturated rings. The van der Waals surface area contributed by atoms with E-state index in [1.807, 2.05) is 0 Å². The lowest BCUT2D eigenvalue weighted by Gasteiger charge is -2.29. The molecule has 0 aromatic carbocycles. The van der Waals surface area contributed by atoms with Gasteiger partial charge in [-0.15, -0.1) is 0 Å². The lowest BCUT2D eigenvalue weighted by molar-refractivity contribution is 0.0428. The summed E-state index contributed by atoms with van der Waals surface area (Å²) in [5.74, 6) is 5.78. The number of amides is 3. The molecule has 38 heavy (non-hydrogen) atoms. The molecule has 11 nitrogen and oxygen atoms in total. The van der Waals surface area contributed by atoms with E-state index in [0.29, 0.717) is 17.0 Å². The number of hydrogen-bond donors (Lipinski definition) is 1. The van der Waals surface area contributed by atoms with Crippen molar-refractivity contribution in [2.75, 3.05) is 11.4 Å². The number of carbonyl (C=O) groups is 3. The zero-order valence-electron chi connectivity index (χ0n) is 23.0. The summed E-state index contributed by atoms with van der Waals surface area (Å²) in [5.41, 5.74) is -2.33. The number of imide groups is 1. The Kier molecular flexibility index (Phi) is 9.51. The molecule has 0 aliphatic rings. The van der Waals surface area contributed by atoms with Crippen LogP contribution in [-0.2, 0) is 14.2 Å². The number of rotatable bonds is 3. The van der Waals surface area contributed by atoms with Crippen LogP contribution in [0.2, 0.25) is 10.2 Å². The minimum atomic E-state index is -1.04. The standard InChI is InChI=1S/C25H33Cl2N5O6/c1-23(2,3)36-20(33)28-13-11-10-12-15-14-29-19-17(16(26)18(27)30-32(15)19)31(21(34)37-24(4,5)6)22(35)38-25(7,8)9/h14H,11,13H2,1-9H3,(H,28,33). The van der Waals surface area contributed by atoms with Gasteiger partial charge in [-0.05, 0) is 68.2 Å². The first-order valence-corrected chi connectivity index (χ1v) is 12.5. The molecular weight excluding hydrogens is 537 g/mol. The Morgan fingerprint density at radius 2 is 1.47 bits per heavy atom. The first kappa shape index (κ1) is 31.0. The average molecular weight is 570 g/mol. The largest absolute Gasteiger partial charge is 0.444 e. The molecule has 13 heteroatoms. The zero-order valence-corrected chi connectivity index (χ0v) is 24.5. The summed E-state index contributed by atoms with van der Waals surface area (Å²) in [7, 11) is 0. The number of nitrogens with zero attached hydrogens (tertiary/aromatic N) is 4. The molecule has 0 aliphatic carbocycles. The van der Waals surface area contributed by atoms with E-state index in [1.54, 1.807) is 62.3 Å². The molecule has 0 spiro atoms. The van der Waals surface area contributed by atoms with Gasteiger partial charge in [0.15, 0.2) is 10.8 Å². The Balaban J connectivity index is 2.45. The molecule has 0 bridgehead atoms. The van der Waals surface area contributed by atoms with Gasteiger partial charge in [-0.2, -0.15) is 10.00 Å². The van der Waals surface area contributed by atoms with Gasteiger partial charge in [0.25, 0.3) is 0 Å². The number of nitrogens with one attached hydrogen (secondary N) is 1. The number of anilines is 1. The van der Waals surface area contributed by atoms with Gasteiger partial charge in [0.05, 0.1) is 6.20 Å². The maximum Gasteiger partial charge on any atom is 0.424 e. The van der Waals surface area contributed by atoms with Crippen LogP contribution < -0.4 is 10.2 Å². The van der Waals surface area contributed by atoms with Gasteiger partial charge >= 0.3 is 18.3 Å². The van der Waals surface area contributed by atoms with E-state index in [0.717, 1.165) is 0 Å². The number of halogens is 2. The predicted molar refractivity (Wildman–Crippen MR) is 144 cm³/mol. The molecule has 0 saturated carbocycles. The predicted octanol–water partition coefficient (Wildman–Crippen LogP) is 5.98. The lowest BCUT2D eigenvalue weighted by Crippen LogP contribution is -2.44. The summed E-state index contributed by atoms with van der Waals surface area (Å²) < 4.78 is 17.3. The van der Waals surface area contributed by atoms with Gasteiger partial charge in [0.1, 0.15) is 33.2 Å². The number of aromatic nitrogens is 3. The Hall–Kier alpha value is -3.23. The highest BCUT2D eigenvalue weighted by atomic mass is 35.5. The zero-order chi connectivity index (χ0) is 29.1. The highest BCUT2D eigenvalue weighted by Gasteiger charge is 2.37. The average Bonchev–Trinajstić information content (AvgIpc) is 3.09. The monoisotopic (exact) mass is 569 g/mol. The van der Waals surface area contributed by atoms with Crippen LogP contribution in [-0.4, -0.2) is 56.2 Å². The van der Waals surface area contributed by atoms with Crippen LogP contribution in [0.4, 0.5) is 20.1 Å². The van der Waals surface area contributed by atoms with Crippen molar-refractivity contribution in [2.45, 2.75) is 85.5 Å². The van der Waals surface area contributed by atoms with E-state index in [1.165, 1.54) is 10.7 Å². The van der Waals surface area contributed by atoms with Gasteiger partial charge < -0.3 is 19.5 Å². The molecule has 2 aromatic heterocycles. The first-order chi connectivity index (χ1) is 17.3. The maximum atomic E-state index is 13.2. The van der Waals surface area contributed by atoms with E-state index in [9.17, 15) is 14.4 Å². The molecule has 0 unspecified atom stereocenters. The normalized spacial score (nSPS) is 11.9. The van der Waals surface area contributed by atoms with E-state index in [-0.39, 0.29) is 28.1 Å². The minimum Gasteiger partial charge on any atom is -0.444 e. The number of carbonyl (C=O) groups excluding carboxylic acids is 3. The second-order valence-corrected chi connectivity index (χ2v) is 11.8. The molecule has 0 atom stereocenters. The highest BCUT2D eigenvalue weighted by molar-refractivity contribution is 6.44. The van der Waals surface area contributed by atoms with Crippen LogP contribution >= 0.6 is 23.2 Å².